The van der Waals surface area contributed by atoms with Crippen molar-refractivity contribution in [2.75, 3.05) is 0 Å². The van der Waals surface area contributed by atoms with Crippen LogP contribution < -0.4 is 0 Å². The summed E-state index contributed by atoms with van der Waals surface area (Å²) in [5, 5.41) is 19.8. The first-order valence-electron chi connectivity index (χ1n) is 5.62. The smallest absolute Gasteiger partial charge is 0.314 e. The molecule has 4 heteroatoms. The first kappa shape index (κ1) is 12.2. The zero-order valence-corrected chi connectivity index (χ0v) is 10.6. The lowest BCUT2D eigenvalue weighted by atomic mass is 9.63. The lowest BCUT2D eigenvalue weighted by Crippen LogP contribution is -2.43. The Bertz CT molecular complexity index is 490. The summed E-state index contributed by atoms with van der Waals surface area (Å²) >= 11 is 6.00. The number of aromatic hydroxyl groups is 1. The van der Waals surface area contributed by atoms with E-state index in [1.807, 2.05) is 13.0 Å². The molecule has 1 saturated carbocycles. The van der Waals surface area contributed by atoms with Crippen molar-refractivity contribution in [2.45, 2.75) is 38.5 Å². The van der Waals surface area contributed by atoms with Gasteiger partial charge in [0.1, 0.15) is 5.75 Å². The minimum Gasteiger partial charge on any atom is -0.506 e. The molecule has 0 saturated heterocycles. The van der Waals surface area contributed by atoms with Crippen molar-refractivity contribution in [3.63, 3.8) is 0 Å². The highest BCUT2D eigenvalue weighted by molar-refractivity contribution is 6.33. The van der Waals surface area contributed by atoms with Crippen LogP contribution in [0, 0.1) is 13.8 Å². The number of aliphatic carboxylic acids is 1. The van der Waals surface area contributed by atoms with Crippen LogP contribution in [0.15, 0.2) is 6.07 Å². The molecule has 2 N–H and O–H groups in total. The van der Waals surface area contributed by atoms with Crippen LogP contribution in [0.5, 0.6) is 5.75 Å². The lowest BCUT2D eigenvalue weighted by molar-refractivity contribution is -0.147. The molecule has 0 heterocycles. The number of aryl methyl sites for hydroxylation is 2. The number of carboxylic acids is 1. The van der Waals surface area contributed by atoms with Crippen molar-refractivity contribution >= 4 is 17.6 Å². The number of benzene rings is 1. The third-order valence-corrected chi connectivity index (χ3v) is 4.19. The van der Waals surface area contributed by atoms with Gasteiger partial charge in [0.15, 0.2) is 0 Å². The normalized spacial score (nSPS) is 17.6. The van der Waals surface area contributed by atoms with Gasteiger partial charge in [-0.1, -0.05) is 24.1 Å². The van der Waals surface area contributed by atoms with Gasteiger partial charge in [0.05, 0.1) is 10.4 Å². The van der Waals surface area contributed by atoms with E-state index in [0.717, 1.165) is 17.5 Å². The van der Waals surface area contributed by atoms with Crippen LogP contribution in [0.1, 0.15) is 36.0 Å². The summed E-state index contributed by atoms with van der Waals surface area (Å²) in [6, 6.07) is 1.83. The predicted molar refractivity (Wildman–Crippen MR) is 65.8 cm³/mol. The molecule has 2 rings (SSSR count). The van der Waals surface area contributed by atoms with Gasteiger partial charge in [0.2, 0.25) is 0 Å². The van der Waals surface area contributed by atoms with Crippen molar-refractivity contribution < 1.29 is 15.0 Å². The Hall–Kier alpha value is -1.22. The van der Waals surface area contributed by atoms with E-state index in [4.69, 9.17) is 11.6 Å². The Morgan fingerprint density at radius 2 is 1.94 bits per heavy atom. The summed E-state index contributed by atoms with van der Waals surface area (Å²) in [5.41, 5.74) is 1.12. The summed E-state index contributed by atoms with van der Waals surface area (Å²) in [6.45, 7) is 3.62. The molecule has 1 aliphatic rings. The van der Waals surface area contributed by atoms with Gasteiger partial charge >= 0.3 is 5.97 Å². The zero-order valence-electron chi connectivity index (χ0n) is 9.88. The van der Waals surface area contributed by atoms with E-state index in [1.54, 1.807) is 6.92 Å². The van der Waals surface area contributed by atoms with E-state index < -0.39 is 11.4 Å². The number of phenols is 1. The standard InChI is InChI=1S/C13H15ClO3/c1-7-6-8(2)10(14)11(15)9(7)13(12(16)17)4-3-5-13/h6,15H,3-5H2,1-2H3,(H,16,17). The van der Waals surface area contributed by atoms with Crippen LogP contribution in [-0.2, 0) is 10.2 Å². The van der Waals surface area contributed by atoms with Gasteiger partial charge in [0.25, 0.3) is 0 Å². The molecule has 0 atom stereocenters. The van der Waals surface area contributed by atoms with Crippen LogP contribution >= 0.6 is 11.6 Å². The minimum absolute atomic E-state index is 0.0636. The third-order valence-electron chi connectivity index (χ3n) is 3.71. The maximum atomic E-state index is 11.5. The molecule has 0 aliphatic heterocycles. The number of hydrogen-bond acceptors (Lipinski definition) is 2. The SMILES string of the molecule is Cc1cc(C)c(C2(C(=O)O)CCC2)c(O)c1Cl. The topological polar surface area (TPSA) is 57.5 Å². The Kier molecular flexibility index (Phi) is 2.82. The van der Waals surface area contributed by atoms with E-state index in [2.05, 4.69) is 0 Å². The second-order valence-corrected chi connectivity index (χ2v) is 5.17. The van der Waals surface area contributed by atoms with Crippen LogP contribution in [0.4, 0.5) is 0 Å². The number of hydrogen-bond donors (Lipinski definition) is 2. The van der Waals surface area contributed by atoms with Crippen LogP contribution in [0.2, 0.25) is 5.02 Å². The van der Waals surface area contributed by atoms with Crippen molar-refractivity contribution in [1.82, 2.24) is 0 Å². The fourth-order valence-corrected chi connectivity index (χ4v) is 2.80. The Balaban J connectivity index is 2.67. The quantitative estimate of drug-likeness (QED) is 0.852. The van der Waals surface area contributed by atoms with Gasteiger partial charge in [0, 0.05) is 5.56 Å². The summed E-state index contributed by atoms with van der Waals surface area (Å²) in [6.07, 6.45) is 2.00. The minimum atomic E-state index is -0.939. The molecule has 1 aromatic carbocycles. The van der Waals surface area contributed by atoms with Crippen LogP contribution in [0.3, 0.4) is 0 Å². The summed E-state index contributed by atoms with van der Waals surface area (Å²) in [5.74, 6) is -0.937. The molecule has 3 nitrogen and oxygen atoms in total. The molecular weight excluding hydrogens is 240 g/mol. The summed E-state index contributed by atoms with van der Waals surface area (Å²) in [4.78, 5) is 11.5. The summed E-state index contributed by atoms with van der Waals surface area (Å²) < 4.78 is 0. The number of halogens is 1. The second kappa shape index (κ2) is 3.91. The van der Waals surface area contributed by atoms with Crippen molar-refractivity contribution in [2.24, 2.45) is 0 Å². The molecule has 92 valence electrons. The number of phenolic OH excluding ortho intramolecular Hbond substituents is 1. The van der Waals surface area contributed by atoms with Crippen molar-refractivity contribution in [1.29, 1.82) is 0 Å². The average molecular weight is 255 g/mol. The van der Waals surface area contributed by atoms with Gasteiger partial charge in [-0.15, -0.1) is 0 Å². The zero-order chi connectivity index (χ0) is 12.8. The second-order valence-electron chi connectivity index (χ2n) is 4.79. The first-order valence-corrected chi connectivity index (χ1v) is 6.00. The maximum Gasteiger partial charge on any atom is 0.314 e. The molecule has 1 aromatic rings. The largest absolute Gasteiger partial charge is 0.506 e. The van der Waals surface area contributed by atoms with E-state index >= 15 is 0 Å². The Labute approximate surface area is 105 Å². The molecule has 0 aromatic heterocycles. The molecule has 17 heavy (non-hydrogen) atoms. The van der Waals surface area contributed by atoms with Gasteiger partial charge < -0.3 is 10.2 Å². The molecular formula is C13H15ClO3. The lowest BCUT2D eigenvalue weighted by Gasteiger charge is -2.39. The van der Waals surface area contributed by atoms with Crippen molar-refractivity contribution in [3.8, 4) is 5.75 Å². The van der Waals surface area contributed by atoms with Gasteiger partial charge in [-0.25, -0.2) is 0 Å². The predicted octanol–water partition coefficient (Wildman–Crippen LogP) is 3.17. The van der Waals surface area contributed by atoms with E-state index in [-0.39, 0.29) is 10.8 Å². The van der Waals surface area contributed by atoms with E-state index in [1.165, 1.54) is 0 Å². The Morgan fingerprint density at radius 1 is 1.35 bits per heavy atom. The molecule has 0 radical (unpaired) electrons. The molecule has 0 bridgehead atoms. The van der Waals surface area contributed by atoms with Gasteiger partial charge in [-0.05, 0) is 37.8 Å². The summed E-state index contributed by atoms with van der Waals surface area (Å²) in [7, 11) is 0. The maximum absolute atomic E-state index is 11.5. The van der Waals surface area contributed by atoms with Crippen LogP contribution in [0.25, 0.3) is 0 Å². The highest BCUT2D eigenvalue weighted by Gasteiger charge is 2.48. The highest BCUT2D eigenvalue weighted by atomic mass is 35.5. The first-order chi connectivity index (χ1) is 7.90. The third kappa shape index (κ3) is 1.61. The molecule has 1 aliphatic carbocycles. The van der Waals surface area contributed by atoms with E-state index in [9.17, 15) is 15.0 Å². The van der Waals surface area contributed by atoms with Crippen LogP contribution in [-0.4, -0.2) is 16.2 Å². The monoisotopic (exact) mass is 254 g/mol. The number of carboxylic acid groups (broad SMARTS) is 1. The fraction of sp³-hybridized carbons (Fsp3) is 0.462. The van der Waals surface area contributed by atoms with Gasteiger partial charge in [-0.2, -0.15) is 0 Å². The Morgan fingerprint density at radius 3 is 2.35 bits per heavy atom. The van der Waals surface area contributed by atoms with Gasteiger partial charge in [-0.3, -0.25) is 4.79 Å². The number of carbonyl (C=O) groups is 1. The van der Waals surface area contributed by atoms with Crippen molar-refractivity contribution in [3.05, 3.63) is 27.8 Å². The molecule has 0 spiro atoms. The molecule has 1 fully saturated rings. The molecule has 0 unspecified atom stereocenters. The van der Waals surface area contributed by atoms with E-state index in [0.29, 0.717) is 18.4 Å². The highest BCUT2D eigenvalue weighted by Crippen LogP contribution is 2.50. The number of rotatable bonds is 2. The fourth-order valence-electron chi connectivity index (χ4n) is 2.65. The molecule has 0 amide bonds. The average Bonchev–Trinajstić information content (AvgIpc) is 2.17.